The van der Waals surface area contributed by atoms with Gasteiger partial charge in [-0.1, -0.05) is 29.8 Å². The summed E-state index contributed by atoms with van der Waals surface area (Å²) in [7, 11) is 0. The van der Waals surface area contributed by atoms with Gasteiger partial charge in [0.25, 0.3) is 0 Å². The number of hydrogen-bond donors (Lipinski definition) is 1. The second kappa shape index (κ2) is 9.47. The van der Waals surface area contributed by atoms with Crippen LogP contribution in [0.25, 0.3) is 0 Å². The fourth-order valence-electron chi connectivity index (χ4n) is 4.25. The van der Waals surface area contributed by atoms with Gasteiger partial charge in [-0.3, -0.25) is 10.1 Å². The lowest BCUT2D eigenvalue weighted by Gasteiger charge is -2.30. The number of ether oxygens (including phenoxy) is 1. The van der Waals surface area contributed by atoms with E-state index in [4.69, 9.17) is 11.6 Å². The number of aromatic nitrogens is 1. The van der Waals surface area contributed by atoms with Crippen LogP contribution in [0.1, 0.15) is 37.4 Å². The van der Waals surface area contributed by atoms with Gasteiger partial charge in [0.05, 0.1) is 12.1 Å². The third kappa shape index (κ3) is 5.74. The number of benzene rings is 2. The monoisotopic (exact) mass is 507 g/mol. The summed E-state index contributed by atoms with van der Waals surface area (Å²) in [6.07, 6.45) is -2.89. The normalized spacial score (nSPS) is 18.7. The number of rotatable bonds is 6. The van der Waals surface area contributed by atoms with Crippen LogP contribution in [0.5, 0.6) is 5.75 Å². The lowest BCUT2D eigenvalue weighted by Crippen LogP contribution is -2.47. The average molecular weight is 508 g/mol. The van der Waals surface area contributed by atoms with E-state index >= 15 is 0 Å². The van der Waals surface area contributed by atoms with Crippen molar-refractivity contribution < 1.29 is 27.1 Å². The van der Waals surface area contributed by atoms with E-state index in [1.54, 1.807) is 24.4 Å². The third-order valence-electron chi connectivity index (χ3n) is 5.87. The highest BCUT2D eigenvalue weighted by atomic mass is 35.5. The Morgan fingerprint density at radius 3 is 2.40 bits per heavy atom. The highest BCUT2D eigenvalue weighted by molar-refractivity contribution is 6.29. The molecule has 1 aliphatic rings. The zero-order valence-corrected chi connectivity index (χ0v) is 19.6. The molecule has 3 aromatic rings. The van der Waals surface area contributed by atoms with Crippen LogP contribution in [0.3, 0.4) is 0 Å². The van der Waals surface area contributed by atoms with Gasteiger partial charge in [0, 0.05) is 17.4 Å². The third-order valence-corrected chi connectivity index (χ3v) is 6.10. The first-order valence-electron chi connectivity index (χ1n) is 10.8. The largest absolute Gasteiger partial charge is 0.573 e. The van der Waals surface area contributed by atoms with Crippen LogP contribution < -0.4 is 15.0 Å². The summed E-state index contributed by atoms with van der Waals surface area (Å²) in [6.45, 7) is 3.79. The first kappa shape index (κ1) is 24.9. The van der Waals surface area contributed by atoms with Crippen molar-refractivity contribution in [3.63, 3.8) is 0 Å². The molecule has 5 nitrogen and oxygen atoms in total. The van der Waals surface area contributed by atoms with Gasteiger partial charge in [-0.15, -0.1) is 13.2 Å². The molecule has 0 spiro atoms. The summed E-state index contributed by atoms with van der Waals surface area (Å²) in [5.74, 6) is -1.15. The molecule has 1 aromatic heterocycles. The Kier molecular flexibility index (Phi) is 6.75. The van der Waals surface area contributed by atoms with Crippen molar-refractivity contribution in [1.29, 1.82) is 0 Å². The van der Waals surface area contributed by atoms with E-state index in [-0.39, 0.29) is 5.91 Å². The topological polar surface area (TPSA) is 54.5 Å². The molecule has 1 amide bonds. The minimum atomic E-state index is -4.83. The maximum atomic E-state index is 14.0. The molecule has 4 rings (SSSR count). The van der Waals surface area contributed by atoms with Crippen molar-refractivity contribution in [2.75, 3.05) is 4.90 Å². The van der Waals surface area contributed by atoms with Crippen LogP contribution in [0, 0.1) is 5.82 Å². The van der Waals surface area contributed by atoms with Gasteiger partial charge < -0.3 is 9.64 Å². The molecule has 184 valence electrons. The van der Waals surface area contributed by atoms with Gasteiger partial charge in [-0.05, 0) is 73.9 Å². The van der Waals surface area contributed by atoms with E-state index in [0.717, 1.165) is 17.7 Å². The average Bonchev–Trinajstić information content (AvgIpc) is 3.09. The van der Waals surface area contributed by atoms with Crippen molar-refractivity contribution in [3.05, 3.63) is 89.0 Å². The first-order valence-corrected chi connectivity index (χ1v) is 11.1. The highest BCUT2D eigenvalue weighted by Crippen LogP contribution is 2.39. The predicted octanol–water partition coefficient (Wildman–Crippen LogP) is 6.14. The number of alkyl halides is 3. The number of nitrogens with zero attached hydrogens (tertiary/aromatic N) is 2. The number of hydrogen-bond acceptors (Lipinski definition) is 4. The summed E-state index contributed by atoms with van der Waals surface area (Å²) in [6, 6.07) is 13.2. The van der Waals surface area contributed by atoms with E-state index < -0.39 is 35.6 Å². The Labute approximate surface area is 204 Å². The molecule has 0 aliphatic carbocycles. The van der Waals surface area contributed by atoms with Crippen LogP contribution in [0.4, 0.5) is 23.2 Å². The molecule has 2 heterocycles. The number of amides is 1. The summed E-state index contributed by atoms with van der Waals surface area (Å²) >= 11 is 5.89. The Morgan fingerprint density at radius 1 is 1.09 bits per heavy atom. The Balaban J connectivity index is 1.65. The quantitative estimate of drug-likeness (QED) is 0.321. The Hall–Kier alpha value is -3.17. The predicted molar refractivity (Wildman–Crippen MR) is 124 cm³/mol. The van der Waals surface area contributed by atoms with Crippen molar-refractivity contribution in [2.24, 2.45) is 0 Å². The highest BCUT2D eigenvalue weighted by Gasteiger charge is 2.43. The molecule has 2 aromatic carbocycles. The number of pyridine rings is 1. The molecule has 0 radical (unpaired) electrons. The van der Waals surface area contributed by atoms with Crippen molar-refractivity contribution in [2.45, 2.75) is 44.3 Å². The van der Waals surface area contributed by atoms with E-state index in [1.165, 1.54) is 29.2 Å². The molecule has 2 atom stereocenters. The SMILES string of the molecule is CC(C)(N[C@@H]1C[C@H](c2cccc(F)c2)N(c2ccc(OC(F)(F)F)cc2)C1=O)c1ccc(Cl)nc1. The molecule has 1 fully saturated rings. The van der Waals surface area contributed by atoms with Gasteiger partial charge in [-0.25, -0.2) is 9.37 Å². The molecule has 10 heteroatoms. The van der Waals surface area contributed by atoms with Crippen molar-refractivity contribution >= 4 is 23.2 Å². The van der Waals surface area contributed by atoms with Gasteiger partial charge in [0.1, 0.15) is 16.7 Å². The summed E-state index contributed by atoms with van der Waals surface area (Å²) in [4.78, 5) is 19.1. The maximum Gasteiger partial charge on any atom is 0.573 e. The van der Waals surface area contributed by atoms with E-state index in [9.17, 15) is 22.4 Å². The lowest BCUT2D eigenvalue weighted by molar-refractivity contribution is -0.274. The molecule has 1 N–H and O–H groups in total. The minimum Gasteiger partial charge on any atom is -0.406 e. The molecule has 0 saturated carbocycles. The molecular weight excluding hydrogens is 486 g/mol. The van der Waals surface area contributed by atoms with Crippen molar-refractivity contribution in [3.8, 4) is 5.75 Å². The van der Waals surface area contributed by atoms with Crippen molar-refractivity contribution in [1.82, 2.24) is 10.3 Å². The number of anilines is 1. The number of nitrogens with one attached hydrogen (secondary N) is 1. The van der Waals surface area contributed by atoms with Crippen LogP contribution in [-0.4, -0.2) is 23.3 Å². The Bertz CT molecular complexity index is 1200. The molecule has 0 bridgehead atoms. The van der Waals surface area contributed by atoms with Gasteiger partial charge in [0.15, 0.2) is 0 Å². The van der Waals surface area contributed by atoms with Gasteiger partial charge >= 0.3 is 6.36 Å². The van der Waals surface area contributed by atoms with Crippen LogP contribution in [0.2, 0.25) is 5.15 Å². The van der Waals surface area contributed by atoms with Gasteiger partial charge in [0.2, 0.25) is 5.91 Å². The minimum absolute atomic E-state index is 0.293. The second-order valence-corrected chi connectivity index (χ2v) is 9.14. The maximum absolute atomic E-state index is 14.0. The zero-order valence-electron chi connectivity index (χ0n) is 18.8. The standard InChI is InChI=1S/C25H22ClF4N3O2/c1-24(2,16-6-11-22(26)31-14-16)32-20-13-21(15-4-3-5-17(27)12-15)33(23(20)34)18-7-9-19(10-8-18)35-25(28,29)30/h3-12,14,20-21,32H,13H2,1-2H3/t20-,21-/m1/s1. The first-order chi connectivity index (χ1) is 16.4. The number of carbonyl (C=O) groups excluding carboxylic acids is 1. The summed E-state index contributed by atoms with van der Waals surface area (Å²) in [5.41, 5.74) is 1.09. The number of carbonyl (C=O) groups is 1. The van der Waals surface area contributed by atoms with E-state index in [2.05, 4.69) is 15.0 Å². The van der Waals surface area contributed by atoms with E-state index in [1.807, 2.05) is 19.9 Å². The molecule has 0 unspecified atom stereocenters. The van der Waals surface area contributed by atoms with Crippen LogP contribution in [-0.2, 0) is 10.3 Å². The van der Waals surface area contributed by atoms with Gasteiger partial charge in [-0.2, -0.15) is 0 Å². The number of halogens is 5. The Morgan fingerprint density at radius 2 is 1.80 bits per heavy atom. The van der Waals surface area contributed by atoms with Crippen LogP contribution >= 0.6 is 11.6 Å². The van der Waals surface area contributed by atoms with Crippen LogP contribution in [0.15, 0.2) is 66.9 Å². The van der Waals surface area contributed by atoms with E-state index in [0.29, 0.717) is 22.8 Å². The smallest absolute Gasteiger partial charge is 0.406 e. The molecule has 1 saturated heterocycles. The molecule has 1 aliphatic heterocycles. The zero-order chi connectivity index (χ0) is 25.4. The molecular formula is C25H22ClF4N3O2. The molecule has 35 heavy (non-hydrogen) atoms. The second-order valence-electron chi connectivity index (χ2n) is 8.75. The fourth-order valence-corrected chi connectivity index (χ4v) is 4.36. The fraction of sp³-hybridized carbons (Fsp3) is 0.280. The summed E-state index contributed by atoms with van der Waals surface area (Å²) in [5, 5.41) is 3.70. The summed E-state index contributed by atoms with van der Waals surface area (Å²) < 4.78 is 55.6. The lowest BCUT2D eigenvalue weighted by atomic mass is 9.93.